The first-order chi connectivity index (χ1) is 8.49. The second kappa shape index (κ2) is 5.27. The Kier molecular flexibility index (Phi) is 3.91. The largest absolute Gasteiger partial charge is 0.480 e. The van der Waals surface area contributed by atoms with Crippen LogP contribution in [0.4, 0.5) is 0 Å². The fourth-order valence-corrected chi connectivity index (χ4v) is 2.96. The van der Waals surface area contributed by atoms with Gasteiger partial charge in [0, 0.05) is 11.3 Å². The number of rotatable bonds is 7. The van der Waals surface area contributed by atoms with Crippen LogP contribution in [-0.2, 0) is 4.79 Å². The Bertz CT molecular complexity index is 407. The van der Waals surface area contributed by atoms with Crippen LogP contribution in [0.25, 0.3) is 0 Å². The highest BCUT2D eigenvalue weighted by Crippen LogP contribution is 2.29. The lowest BCUT2D eigenvalue weighted by molar-refractivity contribution is -0.144. The zero-order valence-electron chi connectivity index (χ0n) is 10.5. The van der Waals surface area contributed by atoms with E-state index >= 15 is 0 Å². The van der Waals surface area contributed by atoms with Gasteiger partial charge in [0.1, 0.15) is 11.9 Å². The normalized spacial score (nSPS) is 20.3. The maximum absolute atomic E-state index is 11.4. The molecule has 0 saturated heterocycles. The number of H-pyrrole nitrogens is 1. The van der Waals surface area contributed by atoms with Crippen molar-refractivity contribution >= 4 is 17.7 Å². The monoisotopic (exact) mass is 270 g/mol. The topological polar surface area (TPSA) is 90.9 Å². The molecular formula is C11H18N4O2S. The summed E-state index contributed by atoms with van der Waals surface area (Å²) in [6.07, 6.45) is 4.15. The minimum atomic E-state index is -0.867. The Hall–Kier alpha value is -1.08. The van der Waals surface area contributed by atoms with Gasteiger partial charge in [-0.15, -0.1) is 0 Å². The van der Waals surface area contributed by atoms with Crippen molar-refractivity contribution in [2.75, 3.05) is 0 Å². The molecule has 100 valence electrons. The third-order valence-corrected chi connectivity index (χ3v) is 3.96. The van der Waals surface area contributed by atoms with Gasteiger partial charge in [-0.1, -0.05) is 18.7 Å². The van der Waals surface area contributed by atoms with E-state index in [2.05, 4.69) is 20.5 Å². The van der Waals surface area contributed by atoms with E-state index < -0.39 is 11.5 Å². The molecule has 1 fully saturated rings. The first-order valence-electron chi connectivity index (χ1n) is 6.03. The first-order valence-corrected chi connectivity index (χ1v) is 6.91. The minimum absolute atomic E-state index is 0.144. The molecule has 1 aliphatic carbocycles. The average molecular weight is 270 g/mol. The highest BCUT2D eigenvalue weighted by atomic mass is 32.2. The second-order valence-corrected chi connectivity index (χ2v) is 6.41. The van der Waals surface area contributed by atoms with Gasteiger partial charge in [0.05, 0.1) is 0 Å². The van der Waals surface area contributed by atoms with Crippen molar-refractivity contribution in [3.8, 4) is 0 Å². The Morgan fingerprint density at radius 3 is 3.00 bits per heavy atom. The molecule has 0 radical (unpaired) electrons. The van der Waals surface area contributed by atoms with Crippen molar-refractivity contribution in [1.82, 2.24) is 20.5 Å². The van der Waals surface area contributed by atoms with E-state index in [1.807, 2.05) is 6.92 Å². The minimum Gasteiger partial charge on any atom is -0.480 e. The number of aromatic amines is 1. The van der Waals surface area contributed by atoms with Crippen molar-refractivity contribution in [3.63, 3.8) is 0 Å². The molecule has 1 heterocycles. The highest BCUT2D eigenvalue weighted by Gasteiger charge is 2.39. The van der Waals surface area contributed by atoms with Gasteiger partial charge in [0.2, 0.25) is 0 Å². The molecule has 1 aliphatic rings. The SMILES string of the molecule is CC(CC(C)(NC1CC1)C(=O)O)Sc1ncn[nH]1. The molecule has 1 aromatic rings. The van der Waals surface area contributed by atoms with E-state index in [1.165, 1.54) is 18.1 Å². The summed E-state index contributed by atoms with van der Waals surface area (Å²) in [5.41, 5.74) is -0.867. The number of thioether (sulfide) groups is 1. The third kappa shape index (κ3) is 3.46. The lowest BCUT2D eigenvalue weighted by Gasteiger charge is -2.28. The van der Waals surface area contributed by atoms with Gasteiger partial charge in [-0.3, -0.25) is 15.2 Å². The molecule has 7 heteroatoms. The van der Waals surface area contributed by atoms with E-state index in [-0.39, 0.29) is 5.25 Å². The summed E-state index contributed by atoms with van der Waals surface area (Å²) in [6.45, 7) is 3.76. The van der Waals surface area contributed by atoms with Crippen LogP contribution in [0.15, 0.2) is 11.5 Å². The molecular weight excluding hydrogens is 252 g/mol. The van der Waals surface area contributed by atoms with E-state index in [0.29, 0.717) is 12.5 Å². The van der Waals surface area contributed by atoms with E-state index in [1.54, 1.807) is 6.92 Å². The molecule has 1 aromatic heterocycles. The maximum atomic E-state index is 11.4. The van der Waals surface area contributed by atoms with Gasteiger partial charge in [-0.25, -0.2) is 4.98 Å². The Morgan fingerprint density at radius 2 is 2.50 bits per heavy atom. The molecule has 0 aromatic carbocycles. The van der Waals surface area contributed by atoms with Crippen LogP contribution in [-0.4, -0.2) is 43.1 Å². The number of hydrogen-bond donors (Lipinski definition) is 3. The molecule has 6 nitrogen and oxygen atoms in total. The molecule has 0 spiro atoms. The maximum Gasteiger partial charge on any atom is 0.323 e. The van der Waals surface area contributed by atoms with Crippen LogP contribution in [0.3, 0.4) is 0 Å². The first kappa shape index (κ1) is 13.4. The number of aliphatic carboxylic acids is 1. The quantitative estimate of drug-likeness (QED) is 0.646. The van der Waals surface area contributed by atoms with Gasteiger partial charge in [0.15, 0.2) is 5.16 Å². The summed E-state index contributed by atoms with van der Waals surface area (Å²) in [6, 6.07) is 0.369. The van der Waals surface area contributed by atoms with Gasteiger partial charge in [-0.2, -0.15) is 5.10 Å². The van der Waals surface area contributed by atoms with Crippen LogP contribution >= 0.6 is 11.8 Å². The standard InChI is InChI=1S/C11H18N4O2S/c1-7(18-10-12-6-13-15-10)5-11(2,9(16)17)14-8-3-4-8/h6-8,14H,3-5H2,1-2H3,(H,16,17)(H,12,13,15). The van der Waals surface area contributed by atoms with Crippen molar-refractivity contribution in [1.29, 1.82) is 0 Å². The van der Waals surface area contributed by atoms with Crippen LogP contribution in [0, 0.1) is 0 Å². The number of nitrogens with zero attached hydrogens (tertiary/aromatic N) is 2. The molecule has 0 bridgehead atoms. The van der Waals surface area contributed by atoms with Crippen LogP contribution in [0.5, 0.6) is 0 Å². The van der Waals surface area contributed by atoms with Crippen molar-refractivity contribution in [2.24, 2.45) is 0 Å². The number of aromatic nitrogens is 3. The fourth-order valence-electron chi connectivity index (χ4n) is 1.94. The number of carbonyl (C=O) groups is 1. The molecule has 18 heavy (non-hydrogen) atoms. The summed E-state index contributed by atoms with van der Waals surface area (Å²) in [4.78, 5) is 15.4. The van der Waals surface area contributed by atoms with Gasteiger partial charge < -0.3 is 5.11 Å². The number of hydrogen-bond acceptors (Lipinski definition) is 5. The van der Waals surface area contributed by atoms with E-state index in [9.17, 15) is 9.90 Å². The van der Waals surface area contributed by atoms with Crippen molar-refractivity contribution in [3.05, 3.63) is 6.33 Å². The average Bonchev–Trinajstić information content (AvgIpc) is 2.92. The fraction of sp³-hybridized carbons (Fsp3) is 0.727. The summed E-state index contributed by atoms with van der Waals surface area (Å²) in [5.74, 6) is -0.792. The lowest BCUT2D eigenvalue weighted by atomic mass is 9.96. The van der Waals surface area contributed by atoms with Gasteiger partial charge in [0.25, 0.3) is 0 Å². The molecule has 3 N–H and O–H groups in total. The summed E-state index contributed by atoms with van der Waals surface area (Å²) in [7, 11) is 0. The Morgan fingerprint density at radius 1 is 1.78 bits per heavy atom. The molecule has 1 saturated carbocycles. The zero-order valence-corrected chi connectivity index (χ0v) is 11.3. The number of carboxylic acids is 1. The molecule has 2 unspecified atom stereocenters. The van der Waals surface area contributed by atoms with Crippen molar-refractivity contribution < 1.29 is 9.90 Å². The smallest absolute Gasteiger partial charge is 0.323 e. The van der Waals surface area contributed by atoms with E-state index in [4.69, 9.17) is 0 Å². The Balaban J connectivity index is 1.92. The van der Waals surface area contributed by atoms with Gasteiger partial charge in [-0.05, 0) is 26.2 Å². The predicted molar refractivity (Wildman–Crippen MR) is 68.5 cm³/mol. The van der Waals surface area contributed by atoms with Crippen LogP contribution in [0.2, 0.25) is 0 Å². The van der Waals surface area contributed by atoms with Gasteiger partial charge >= 0.3 is 5.97 Å². The second-order valence-electron chi connectivity index (χ2n) is 4.98. The molecule has 0 aliphatic heterocycles. The third-order valence-electron chi connectivity index (χ3n) is 2.97. The molecule has 2 atom stereocenters. The Labute approximate surface area is 110 Å². The molecule has 2 rings (SSSR count). The number of carboxylic acid groups (broad SMARTS) is 1. The summed E-state index contributed by atoms with van der Waals surface area (Å²) >= 11 is 1.51. The van der Waals surface area contributed by atoms with E-state index in [0.717, 1.165) is 18.0 Å². The molecule has 0 amide bonds. The van der Waals surface area contributed by atoms with Crippen LogP contribution < -0.4 is 5.32 Å². The predicted octanol–water partition coefficient (Wildman–Crippen LogP) is 1.27. The lowest BCUT2D eigenvalue weighted by Crippen LogP contribution is -2.51. The summed E-state index contributed by atoms with van der Waals surface area (Å²) in [5, 5.41) is 20.0. The summed E-state index contributed by atoms with van der Waals surface area (Å²) < 4.78 is 0. The van der Waals surface area contributed by atoms with Crippen LogP contribution in [0.1, 0.15) is 33.1 Å². The highest BCUT2D eigenvalue weighted by molar-refractivity contribution is 7.99. The number of nitrogens with one attached hydrogen (secondary N) is 2. The zero-order chi connectivity index (χ0) is 13.2. The van der Waals surface area contributed by atoms with Crippen molar-refractivity contribution in [2.45, 2.75) is 55.1 Å².